The van der Waals surface area contributed by atoms with Gasteiger partial charge >= 0.3 is 0 Å². The maximum Gasteiger partial charge on any atom is 0.197 e. The lowest BCUT2D eigenvalue weighted by Gasteiger charge is -2.14. The van der Waals surface area contributed by atoms with E-state index in [-0.39, 0.29) is 5.43 Å². The lowest BCUT2D eigenvalue weighted by atomic mass is 10.0. The second-order valence-electron chi connectivity index (χ2n) is 5.58. The number of hydrogen-bond acceptors (Lipinski definition) is 1. The van der Waals surface area contributed by atoms with Gasteiger partial charge in [-0.1, -0.05) is 43.1 Å². The molecule has 0 aliphatic heterocycles. The first-order valence-corrected chi connectivity index (χ1v) is 7.57. The highest BCUT2D eigenvalue weighted by molar-refractivity contribution is 6.45. The van der Waals surface area contributed by atoms with Gasteiger partial charge in [-0.25, -0.2) is 0 Å². The van der Waals surface area contributed by atoms with E-state index in [0.717, 1.165) is 5.52 Å². The molecule has 0 fully saturated rings. The molecule has 3 rings (SSSR count). The van der Waals surface area contributed by atoms with Crippen LogP contribution in [0.3, 0.4) is 0 Å². The Hall–Kier alpha value is -1.51. The first-order valence-electron chi connectivity index (χ1n) is 6.82. The van der Waals surface area contributed by atoms with Gasteiger partial charge < -0.3 is 4.57 Å². The van der Waals surface area contributed by atoms with Crippen molar-refractivity contribution < 1.29 is 0 Å². The second kappa shape index (κ2) is 5.04. The highest BCUT2D eigenvalue weighted by Crippen LogP contribution is 2.31. The van der Waals surface area contributed by atoms with Gasteiger partial charge in [0.1, 0.15) is 0 Å². The zero-order valence-corrected chi connectivity index (χ0v) is 13.6. The Morgan fingerprint density at radius 2 is 1.71 bits per heavy atom. The summed E-state index contributed by atoms with van der Waals surface area (Å²) >= 11 is 12.4. The summed E-state index contributed by atoms with van der Waals surface area (Å²) in [4.78, 5) is 12.7. The molecular weight excluding hydrogens is 305 g/mol. The minimum absolute atomic E-state index is 0.00743. The van der Waals surface area contributed by atoms with Crippen molar-refractivity contribution in [2.24, 2.45) is 7.05 Å². The van der Waals surface area contributed by atoms with Crippen LogP contribution in [0.4, 0.5) is 0 Å². The Labute approximate surface area is 132 Å². The first-order chi connectivity index (χ1) is 9.91. The molecule has 0 spiro atoms. The van der Waals surface area contributed by atoms with Crippen molar-refractivity contribution >= 4 is 45.0 Å². The van der Waals surface area contributed by atoms with Gasteiger partial charge in [-0.15, -0.1) is 0 Å². The van der Waals surface area contributed by atoms with E-state index in [0.29, 0.717) is 32.3 Å². The van der Waals surface area contributed by atoms with Crippen LogP contribution in [0.15, 0.2) is 35.1 Å². The van der Waals surface area contributed by atoms with E-state index in [1.165, 1.54) is 5.56 Å². The molecular formula is C17H15Cl2NO. The molecule has 0 saturated carbocycles. The average Bonchev–Trinajstić information content (AvgIpc) is 2.47. The van der Waals surface area contributed by atoms with Crippen molar-refractivity contribution in [1.82, 2.24) is 4.57 Å². The van der Waals surface area contributed by atoms with E-state index in [9.17, 15) is 4.79 Å². The van der Waals surface area contributed by atoms with E-state index < -0.39 is 0 Å². The average molecular weight is 320 g/mol. The Bertz CT molecular complexity index is 926. The van der Waals surface area contributed by atoms with E-state index in [1.807, 2.05) is 23.7 Å². The molecule has 0 bridgehead atoms. The van der Waals surface area contributed by atoms with Gasteiger partial charge in [0.05, 0.1) is 21.1 Å². The highest BCUT2D eigenvalue weighted by atomic mass is 35.5. The zero-order chi connectivity index (χ0) is 15.3. The summed E-state index contributed by atoms with van der Waals surface area (Å²) in [6.07, 6.45) is 0. The van der Waals surface area contributed by atoms with Crippen LogP contribution < -0.4 is 5.43 Å². The largest absolute Gasteiger partial charge is 0.342 e. The topological polar surface area (TPSA) is 22.0 Å². The van der Waals surface area contributed by atoms with E-state index >= 15 is 0 Å². The maximum absolute atomic E-state index is 12.7. The summed E-state index contributed by atoms with van der Waals surface area (Å²) in [5.41, 5.74) is 2.74. The fourth-order valence-electron chi connectivity index (χ4n) is 2.69. The SMILES string of the molecule is CC(C)c1ccc2c(=O)c3ccc(Cl)c(Cl)c3n(C)c2c1. The molecule has 2 aromatic carbocycles. The molecule has 21 heavy (non-hydrogen) atoms. The Kier molecular flexibility index (Phi) is 3.46. The first kappa shape index (κ1) is 14.4. The number of fused-ring (bicyclic) bond motifs is 2. The number of rotatable bonds is 1. The normalized spacial score (nSPS) is 11.7. The summed E-state index contributed by atoms with van der Waals surface area (Å²) in [5, 5.41) is 2.17. The van der Waals surface area contributed by atoms with Crippen LogP contribution in [0.1, 0.15) is 25.3 Å². The third-order valence-electron chi connectivity index (χ3n) is 3.94. The maximum atomic E-state index is 12.7. The Morgan fingerprint density at radius 3 is 2.38 bits per heavy atom. The van der Waals surface area contributed by atoms with Gasteiger partial charge in [-0.2, -0.15) is 0 Å². The molecule has 108 valence electrons. The summed E-state index contributed by atoms with van der Waals surface area (Å²) < 4.78 is 1.95. The van der Waals surface area contributed by atoms with Gasteiger partial charge in [0.2, 0.25) is 0 Å². The predicted molar refractivity (Wildman–Crippen MR) is 90.8 cm³/mol. The number of hydrogen-bond donors (Lipinski definition) is 0. The standard InChI is InChI=1S/C17H15Cl2NO/c1-9(2)10-4-5-11-14(8-10)20(3)16-12(17(11)21)6-7-13(18)15(16)19/h4-9H,1-3H3. The number of aryl methyl sites for hydroxylation is 1. The molecule has 0 saturated heterocycles. The van der Waals surface area contributed by atoms with Crippen LogP contribution in [-0.2, 0) is 7.05 Å². The molecule has 2 nitrogen and oxygen atoms in total. The molecule has 4 heteroatoms. The molecule has 0 aliphatic carbocycles. The van der Waals surface area contributed by atoms with Crippen molar-refractivity contribution in [3.63, 3.8) is 0 Å². The second-order valence-corrected chi connectivity index (χ2v) is 6.36. The lowest BCUT2D eigenvalue weighted by molar-refractivity contribution is 0.866. The molecule has 1 aromatic heterocycles. The minimum atomic E-state index is -0.00743. The molecule has 0 amide bonds. The van der Waals surface area contributed by atoms with Gasteiger partial charge in [-0.3, -0.25) is 4.79 Å². The summed E-state index contributed by atoms with van der Waals surface area (Å²) in [5.74, 6) is 0.398. The van der Waals surface area contributed by atoms with Crippen molar-refractivity contribution in [2.75, 3.05) is 0 Å². The van der Waals surface area contributed by atoms with Crippen LogP contribution in [0, 0.1) is 0 Å². The predicted octanol–water partition coefficient (Wildman–Crippen LogP) is 5.12. The molecule has 0 atom stereocenters. The van der Waals surface area contributed by atoms with Crippen LogP contribution in [0.25, 0.3) is 21.8 Å². The molecule has 0 unspecified atom stereocenters. The van der Waals surface area contributed by atoms with Crippen molar-refractivity contribution in [3.05, 3.63) is 56.2 Å². The summed E-state index contributed by atoms with van der Waals surface area (Å²) in [6, 6.07) is 9.37. The van der Waals surface area contributed by atoms with Crippen LogP contribution in [0.5, 0.6) is 0 Å². The third kappa shape index (κ3) is 2.14. The van der Waals surface area contributed by atoms with Gasteiger partial charge in [0.25, 0.3) is 0 Å². The van der Waals surface area contributed by atoms with Crippen LogP contribution >= 0.6 is 23.2 Å². The number of pyridine rings is 1. The minimum Gasteiger partial charge on any atom is -0.342 e. The summed E-state index contributed by atoms with van der Waals surface area (Å²) in [6.45, 7) is 4.26. The number of halogens is 2. The van der Waals surface area contributed by atoms with E-state index in [4.69, 9.17) is 23.2 Å². The molecule has 0 radical (unpaired) electrons. The molecule has 0 N–H and O–H groups in total. The quantitative estimate of drug-likeness (QED) is 0.570. The van der Waals surface area contributed by atoms with Gasteiger partial charge in [0, 0.05) is 17.8 Å². The molecule has 3 aromatic rings. The fourth-order valence-corrected chi connectivity index (χ4v) is 3.14. The Balaban J connectivity index is 2.57. The Morgan fingerprint density at radius 1 is 1.05 bits per heavy atom. The van der Waals surface area contributed by atoms with E-state index in [1.54, 1.807) is 12.1 Å². The number of benzene rings is 2. The highest BCUT2D eigenvalue weighted by Gasteiger charge is 2.14. The zero-order valence-electron chi connectivity index (χ0n) is 12.1. The fraction of sp³-hybridized carbons (Fsp3) is 0.235. The van der Waals surface area contributed by atoms with Gasteiger partial charge in [0.15, 0.2) is 5.43 Å². The molecule has 0 aliphatic rings. The number of aromatic nitrogens is 1. The van der Waals surface area contributed by atoms with Crippen molar-refractivity contribution in [1.29, 1.82) is 0 Å². The smallest absolute Gasteiger partial charge is 0.197 e. The van der Waals surface area contributed by atoms with Crippen LogP contribution in [0.2, 0.25) is 10.0 Å². The number of nitrogens with zero attached hydrogens (tertiary/aromatic N) is 1. The van der Waals surface area contributed by atoms with Crippen LogP contribution in [-0.4, -0.2) is 4.57 Å². The van der Waals surface area contributed by atoms with Crippen molar-refractivity contribution in [2.45, 2.75) is 19.8 Å². The van der Waals surface area contributed by atoms with Crippen molar-refractivity contribution in [3.8, 4) is 0 Å². The van der Waals surface area contributed by atoms with Gasteiger partial charge in [-0.05, 0) is 35.7 Å². The lowest BCUT2D eigenvalue weighted by Crippen LogP contribution is -2.10. The third-order valence-corrected chi connectivity index (χ3v) is 4.74. The monoisotopic (exact) mass is 319 g/mol. The summed E-state index contributed by atoms with van der Waals surface area (Å²) in [7, 11) is 1.91. The molecule has 1 heterocycles. The van der Waals surface area contributed by atoms with E-state index in [2.05, 4.69) is 19.9 Å².